The SMILES string of the molecule is CC1CC1C(=O)Nc1ccccc1CC(=O)O. The van der Waals surface area contributed by atoms with E-state index >= 15 is 0 Å². The summed E-state index contributed by atoms with van der Waals surface area (Å²) in [4.78, 5) is 22.5. The topological polar surface area (TPSA) is 66.4 Å². The lowest BCUT2D eigenvalue weighted by Gasteiger charge is -2.09. The average molecular weight is 233 g/mol. The van der Waals surface area contributed by atoms with Crippen LogP contribution in [0, 0.1) is 11.8 Å². The zero-order valence-corrected chi connectivity index (χ0v) is 9.64. The lowest BCUT2D eigenvalue weighted by Crippen LogP contribution is -2.16. The molecule has 1 saturated carbocycles. The van der Waals surface area contributed by atoms with Gasteiger partial charge in [-0.1, -0.05) is 25.1 Å². The van der Waals surface area contributed by atoms with Crippen LogP contribution in [0.4, 0.5) is 5.69 Å². The summed E-state index contributed by atoms with van der Waals surface area (Å²) < 4.78 is 0. The average Bonchev–Trinajstić information content (AvgIpc) is 2.98. The van der Waals surface area contributed by atoms with Crippen LogP contribution in [0.25, 0.3) is 0 Å². The van der Waals surface area contributed by atoms with Crippen molar-refractivity contribution in [3.8, 4) is 0 Å². The Morgan fingerprint density at radius 1 is 1.41 bits per heavy atom. The fraction of sp³-hybridized carbons (Fsp3) is 0.385. The Morgan fingerprint density at radius 3 is 2.65 bits per heavy atom. The quantitative estimate of drug-likeness (QED) is 0.834. The van der Waals surface area contributed by atoms with Gasteiger partial charge in [-0.25, -0.2) is 0 Å². The Labute approximate surface area is 99.6 Å². The number of aliphatic carboxylic acids is 1. The van der Waals surface area contributed by atoms with Gasteiger partial charge < -0.3 is 10.4 Å². The van der Waals surface area contributed by atoms with E-state index in [-0.39, 0.29) is 18.2 Å². The van der Waals surface area contributed by atoms with Crippen LogP contribution in [-0.4, -0.2) is 17.0 Å². The standard InChI is InChI=1S/C13H15NO3/c1-8-6-10(8)13(17)14-11-5-3-2-4-9(11)7-12(15)16/h2-5,8,10H,6-7H2,1H3,(H,14,17)(H,15,16). The van der Waals surface area contributed by atoms with Crippen molar-refractivity contribution in [1.29, 1.82) is 0 Å². The van der Waals surface area contributed by atoms with E-state index in [4.69, 9.17) is 5.11 Å². The molecule has 4 heteroatoms. The normalized spacial score (nSPS) is 21.9. The second-order valence-corrected chi connectivity index (χ2v) is 4.54. The molecule has 0 aromatic heterocycles. The van der Waals surface area contributed by atoms with Gasteiger partial charge in [0.2, 0.25) is 5.91 Å². The molecule has 4 nitrogen and oxygen atoms in total. The number of hydrogen-bond donors (Lipinski definition) is 2. The van der Waals surface area contributed by atoms with Crippen LogP contribution in [-0.2, 0) is 16.0 Å². The van der Waals surface area contributed by atoms with Crippen molar-refractivity contribution in [3.63, 3.8) is 0 Å². The summed E-state index contributed by atoms with van der Waals surface area (Å²) in [5, 5.41) is 11.6. The lowest BCUT2D eigenvalue weighted by molar-refractivity contribution is -0.136. The van der Waals surface area contributed by atoms with Crippen molar-refractivity contribution in [2.75, 3.05) is 5.32 Å². The first-order valence-corrected chi connectivity index (χ1v) is 5.68. The largest absolute Gasteiger partial charge is 0.481 e. The van der Waals surface area contributed by atoms with Gasteiger partial charge in [-0.05, 0) is 24.0 Å². The molecule has 0 saturated heterocycles. The molecule has 1 fully saturated rings. The zero-order chi connectivity index (χ0) is 12.4. The van der Waals surface area contributed by atoms with Gasteiger partial charge in [-0.3, -0.25) is 9.59 Å². The fourth-order valence-electron chi connectivity index (χ4n) is 1.87. The zero-order valence-electron chi connectivity index (χ0n) is 9.64. The molecule has 17 heavy (non-hydrogen) atoms. The van der Waals surface area contributed by atoms with E-state index in [1.54, 1.807) is 24.3 Å². The minimum absolute atomic E-state index is 0.00432. The summed E-state index contributed by atoms with van der Waals surface area (Å²) >= 11 is 0. The first kappa shape index (κ1) is 11.6. The minimum atomic E-state index is -0.897. The van der Waals surface area contributed by atoms with Gasteiger partial charge >= 0.3 is 5.97 Å². The molecular weight excluding hydrogens is 218 g/mol. The van der Waals surface area contributed by atoms with Crippen molar-refractivity contribution in [1.82, 2.24) is 0 Å². The van der Waals surface area contributed by atoms with Crippen molar-refractivity contribution in [2.45, 2.75) is 19.8 Å². The molecule has 1 aliphatic carbocycles. The van der Waals surface area contributed by atoms with Crippen LogP contribution in [0.15, 0.2) is 24.3 Å². The second-order valence-electron chi connectivity index (χ2n) is 4.54. The summed E-state index contributed by atoms with van der Waals surface area (Å²) in [7, 11) is 0. The number of rotatable bonds is 4. The summed E-state index contributed by atoms with van der Waals surface area (Å²) in [6, 6.07) is 7.02. The maximum Gasteiger partial charge on any atom is 0.307 e. The van der Waals surface area contributed by atoms with E-state index in [2.05, 4.69) is 5.32 Å². The van der Waals surface area contributed by atoms with Crippen LogP contribution in [0.1, 0.15) is 18.9 Å². The molecule has 0 spiro atoms. The number of carboxylic acids is 1. The second kappa shape index (κ2) is 4.57. The van der Waals surface area contributed by atoms with E-state index in [9.17, 15) is 9.59 Å². The van der Waals surface area contributed by atoms with E-state index < -0.39 is 5.97 Å². The Morgan fingerprint density at radius 2 is 2.06 bits per heavy atom. The Balaban J connectivity index is 2.09. The van der Waals surface area contributed by atoms with Crippen molar-refractivity contribution < 1.29 is 14.7 Å². The van der Waals surface area contributed by atoms with Crippen LogP contribution >= 0.6 is 0 Å². The molecule has 1 aromatic rings. The first-order valence-electron chi connectivity index (χ1n) is 5.68. The third-order valence-electron chi connectivity index (χ3n) is 3.06. The first-order chi connectivity index (χ1) is 8.08. The Kier molecular flexibility index (Phi) is 3.13. The minimum Gasteiger partial charge on any atom is -0.481 e. The highest BCUT2D eigenvalue weighted by Gasteiger charge is 2.39. The van der Waals surface area contributed by atoms with Crippen LogP contribution in [0.3, 0.4) is 0 Å². The molecule has 1 aromatic carbocycles. The summed E-state index contributed by atoms with van der Waals surface area (Å²) in [5.41, 5.74) is 1.25. The Bertz CT molecular complexity index is 456. The predicted molar refractivity (Wildman–Crippen MR) is 63.7 cm³/mol. The molecule has 1 amide bonds. The number of amides is 1. The van der Waals surface area contributed by atoms with Crippen LogP contribution in [0.5, 0.6) is 0 Å². The van der Waals surface area contributed by atoms with Gasteiger partial charge in [0.05, 0.1) is 6.42 Å². The molecule has 0 radical (unpaired) electrons. The van der Waals surface area contributed by atoms with Gasteiger partial charge in [0.15, 0.2) is 0 Å². The van der Waals surface area contributed by atoms with Gasteiger partial charge in [-0.15, -0.1) is 0 Å². The van der Waals surface area contributed by atoms with Gasteiger partial charge in [0, 0.05) is 11.6 Å². The van der Waals surface area contributed by atoms with E-state index in [0.717, 1.165) is 6.42 Å². The maximum atomic E-state index is 11.8. The van der Waals surface area contributed by atoms with Crippen molar-refractivity contribution in [3.05, 3.63) is 29.8 Å². The van der Waals surface area contributed by atoms with E-state index in [1.165, 1.54) is 0 Å². The van der Waals surface area contributed by atoms with Gasteiger partial charge in [0.25, 0.3) is 0 Å². The number of carbonyl (C=O) groups excluding carboxylic acids is 1. The third kappa shape index (κ3) is 2.84. The van der Waals surface area contributed by atoms with E-state index in [0.29, 0.717) is 17.2 Å². The molecule has 2 rings (SSSR count). The number of anilines is 1. The molecule has 2 atom stereocenters. The highest BCUT2D eigenvalue weighted by atomic mass is 16.4. The monoisotopic (exact) mass is 233 g/mol. The number of carboxylic acid groups (broad SMARTS) is 1. The van der Waals surface area contributed by atoms with Crippen molar-refractivity contribution in [2.24, 2.45) is 11.8 Å². The predicted octanol–water partition coefficient (Wildman–Crippen LogP) is 1.91. The lowest BCUT2D eigenvalue weighted by atomic mass is 10.1. The molecule has 2 unspecified atom stereocenters. The number of nitrogens with one attached hydrogen (secondary N) is 1. The van der Waals surface area contributed by atoms with Crippen LogP contribution < -0.4 is 5.32 Å². The number of para-hydroxylation sites is 1. The summed E-state index contributed by atoms with van der Waals surface area (Å²) in [6.45, 7) is 2.04. The molecular formula is C13H15NO3. The molecule has 0 heterocycles. The van der Waals surface area contributed by atoms with Gasteiger partial charge in [0.1, 0.15) is 0 Å². The van der Waals surface area contributed by atoms with E-state index in [1.807, 2.05) is 6.92 Å². The highest BCUT2D eigenvalue weighted by Crippen LogP contribution is 2.38. The molecule has 2 N–H and O–H groups in total. The van der Waals surface area contributed by atoms with Crippen molar-refractivity contribution >= 4 is 17.6 Å². The molecule has 90 valence electrons. The summed E-state index contributed by atoms with van der Waals surface area (Å²) in [5.74, 6) is -0.364. The molecule has 0 aliphatic heterocycles. The number of hydrogen-bond acceptors (Lipinski definition) is 2. The number of benzene rings is 1. The molecule has 0 bridgehead atoms. The Hall–Kier alpha value is -1.84. The third-order valence-corrected chi connectivity index (χ3v) is 3.06. The highest BCUT2D eigenvalue weighted by molar-refractivity contribution is 5.95. The molecule has 1 aliphatic rings. The maximum absolute atomic E-state index is 11.8. The van der Waals surface area contributed by atoms with Gasteiger partial charge in [-0.2, -0.15) is 0 Å². The smallest absolute Gasteiger partial charge is 0.307 e. The van der Waals surface area contributed by atoms with Crippen LogP contribution in [0.2, 0.25) is 0 Å². The fourth-order valence-corrected chi connectivity index (χ4v) is 1.87. The number of carbonyl (C=O) groups is 2. The summed E-state index contributed by atoms with van der Waals surface area (Å²) in [6.07, 6.45) is 0.851.